The smallest absolute Gasteiger partial charge is 0.290 e. The number of amides is 2. The SMILES string of the molecule is COc1ccc(NC(=O)[C@@H](C)Oc2ccc3c(c2)[C@H](c2cccc(C)c2)N(C(=O)c2ccco2)CC3)cc1. The van der Waals surface area contributed by atoms with Crippen LogP contribution >= 0.6 is 0 Å². The van der Waals surface area contributed by atoms with Crippen LogP contribution in [-0.4, -0.2) is 36.5 Å². The first-order valence-corrected chi connectivity index (χ1v) is 12.6. The molecule has 3 aromatic carbocycles. The Bertz CT molecular complexity index is 1430. The van der Waals surface area contributed by atoms with E-state index in [0.29, 0.717) is 35.9 Å². The van der Waals surface area contributed by atoms with Gasteiger partial charge in [-0.2, -0.15) is 0 Å². The molecule has 0 fully saturated rings. The van der Waals surface area contributed by atoms with E-state index >= 15 is 0 Å². The number of fused-ring (bicyclic) bond motifs is 1. The molecule has 7 heteroatoms. The van der Waals surface area contributed by atoms with E-state index in [2.05, 4.69) is 11.4 Å². The number of hydrogen-bond acceptors (Lipinski definition) is 5. The first kappa shape index (κ1) is 25.1. The van der Waals surface area contributed by atoms with Gasteiger partial charge in [0.15, 0.2) is 11.9 Å². The number of carbonyl (C=O) groups excluding carboxylic acids is 2. The highest BCUT2D eigenvalue weighted by atomic mass is 16.5. The molecule has 5 rings (SSSR count). The van der Waals surface area contributed by atoms with Crippen molar-refractivity contribution >= 4 is 17.5 Å². The van der Waals surface area contributed by atoms with E-state index in [1.54, 1.807) is 50.4 Å². The summed E-state index contributed by atoms with van der Waals surface area (Å²) in [6.45, 7) is 4.31. The van der Waals surface area contributed by atoms with Crippen LogP contribution in [0.3, 0.4) is 0 Å². The van der Waals surface area contributed by atoms with Gasteiger partial charge in [-0.15, -0.1) is 0 Å². The molecule has 0 saturated heterocycles. The Morgan fingerprint density at radius 2 is 1.79 bits per heavy atom. The van der Waals surface area contributed by atoms with Gasteiger partial charge in [-0.1, -0.05) is 35.9 Å². The molecule has 0 bridgehead atoms. The number of carbonyl (C=O) groups is 2. The van der Waals surface area contributed by atoms with Crippen molar-refractivity contribution in [1.82, 2.24) is 4.90 Å². The molecule has 0 aliphatic carbocycles. The molecule has 1 aliphatic rings. The molecule has 0 spiro atoms. The van der Waals surface area contributed by atoms with E-state index in [0.717, 1.165) is 22.3 Å². The molecular formula is C31H30N2O5. The summed E-state index contributed by atoms with van der Waals surface area (Å²) in [5.74, 6) is 1.15. The van der Waals surface area contributed by atoms with Crippen molar-refractivity contribution in [3.05, 3.63) is 113 Å². The zero-order valence-corrected chi connectivity index (χ0v) is 21.6. The summed E-state index contributed by atoms with van der Waals surface area (Å²) in [5.41, 5.74) is 4.89. The van der Waals surface area contributed by atoms with E-state index in [-0.39, 0.29) is 17.9 Å². The number of nitrogens with one attached hydrogen (secondary N) is 1. The third kappa shape index (κ3) is 5.27. The average molecular weight is 511 g/mol. The van der Waals surface area contributed by atoms with Gasteiger partial charge in [0.25, 0.3) is 11.8 Å². The van der Waals surface area contributed by atoms with Crippen molar-refractivity contribution in [2.45, 2.75) is 32.4 Å². The van der Waals surface area contributed by atoms with Crippen molar-refractivity contribution in [2.75, 3.05) is 19.0 Å². The van der Waals surface area contributed by atoms with Crippen LogP contribution in [0.25, 0.3) is 0 Å². The highest BCUT2D eigenvalue weighted by molar-refractivity contribution is 5.94. The number of furan rings is 1. The van der Waals surface area contributed by atoms with Gasteiger partial charge in [-0.25, -0.2) is 0 Å². The number of aryl methyl sites for hydroxylation is 1. The Labute approximate surface area is 222 Å². The van der Waals surface area contributed by atoms with Crippen molar-refractivity contribution in [3.8, 4) is 11.5 Å². The molecule has 1 N–H and O–H groups in total. The fourth-order valence-electron chi connectivity index (χ4n) is 4.80. The molecule has 7 nitrogen and oxygen atoms in total. The second-order valence-corrected chi connectivity index (χ2v) is 9.38. The Morgan fingerprint density at radius 3 is 2.50 bits per heavy atom. The number of hydrogen-bond donors (Lipinski definition) is 1. The van der Waals surface area contributed by atoms with Crippen molar-refractivity contribution in [1.29, 1.82) is 0 Å². The molecule has 1 aromatic heterocycles. The van der Waals surface area contributed by atoms with E-state index in [1.807, 2.05) is 48.2 Å². The zero-order chi connectivity index (χ0) is 26.6. The Hall–Kier alpha value is -4.52. The number of ether oxygens (including phenoxy) is 2. The Morgan fingerprint density at radius 1 is 1.00 bits per heavy atom. The van der Waals surface area contributed by atoms with Gasteiger partial charge in [0.2, 0.25) is 0 Å². The van der Waals surface area contributed by atoms with Gasteiger partial charge in [0.05, 0.1) is 19.4 Å². The Balaban J connectivity index is 1.41. The summed E-state index contributed by atoms with van der Waals surface area (Å²) in [7, 11) is 1.59. The monoisotopic (exact) mass is 510 g/mol. The van der Waals surface area contributed by atoms with Crippen molar-refractivity contribution < 1.29 is 23.5 Å². The second kappa shape index (κ2) is 10.8. The largest absolute Gasteiger partial charge is 0.497 e. The normalized spacial score (nSPS) is 15.3. The number of rotatable bonds is 7. The molecule has 0 radical (unpaired) electrons. The lowest BCUT2D eigenvalue weighted by Crippen LogP contribution is -2.40. The van der Waals surface area contributed by atoms with Crippen LogP contribution < -0.4 is 14.8 Å². The highest BCUT2D eigenvalue weighted by Crippen LogP contribution is 2.38. The van der Waals surface area contributed by atoms with Crippen LogP contribution in [0.15, 0.2) is 89.5 Å². The number of methoxy groups -OCH3 is 1. The molecule has 2 amide bonds. The van der Waals surface area contributed by atoms with Gasteiger partial charge < -0.3 is 24.1 Å². The predicted octanol–water partition coefficient (Wildman–Crippen LogP) is 5.79. The molecular weight excluding hydrogens is 480 g/mol. The minimum atomic E-state index is -0.739. The van der Waals surface area contributed by atoms with Crippen LogP contribution in [-0.2, 0) is 11.2 Å². The molecule has 194 valence electrons. The maximum atomic E-state index is 13.4. The Kier molecular flexibility index (Phi) is 7.18. The van der Waals surface area contributed by atoms with Gasteiger partial charge in [0.1, 0.15) is 11.5 Å². The molecule has 38 heavy (non-hydrogen) atoms. The zero-order valence-electron chi connectivity index (χ0n) is 21.6. The summed E-state index contributed by atoms with van der Waals surface area (Å²) < 4.78 is 16.7. The second-order valence-electron chi connectivity index (χ2n) is 9.38. The highest BCUT2D eigenvalue weighted by Gasteiger charge is 2.34. The number of nitrogens with zero attached hydrogens (tertiary/aromatic N) is 1. The van der Waals surface area contributed by atoms with E-state index in [4.69, 9.17) is 13.9 Å². The maximum absolute atomic E-state index is 13.4. The maximum Gasteiger partial charge on any atom is 0.290 e. The average Bonchev–Trinajstić information content (AvgIpc) is 3.47. The predicted molar refractivity (Wildman–Crippen MR) is 145 cm³/mol. The van der Waals surface area contributed by atoms with Crippen LogP contribution in [0.5, 0.6) is 11.5 Å². The molecule has 2 atom stereocenters. The van der Waals surface area contributed by atoms with Crippen LogP contribution in [0.1, 0.15) is 45.8 Å². The summed E-state index contributed by atoms with van der Waals surface area (Å²) in [5, 5.41) is 2.87. The summed E-state index contributed by atoms with van der Waals surface area (Å²) in [6.07, 6.45) is 1.48. The topological polar surface area (TPSA) is 81.0 Å². The fraction of sp³-hybridized carbons (Fsp3) is 0.226. The van der Waals surface area contributed by atoms with Gasteiger partial charge in [-0.3, -0.25) is 9.59 Å². The van der Waals surface area contributed by atoms with E-state index in [9.17, 15) is 9.59 Å². The minimum Gasteiger partial charge on any atom is -0.497 e. The van der Waals surface area contributed by atoms with Crippen LogP contribution in [0.2, 0.25) is 0 Å². The quantitative estimate of drug-likeness (QED) is 0.340. The molecule has 0 saturated carbocycles. The first-order valence-electron chi connectivity index (χ1n) is 12.6. The number of benzene rings is 3. The molecule has 4 aromatic rings. The van der Waals surface area contributed by atoms with Crippen molar-refractivity contribution in [2.24, 2.45) is 0 Å². The summed E-state index contributed by atoms with van der Waals surface area (Å²) in [6, 6.07) is 24.2. The minimum absolute atomic E-state index is 0.161. The molecule has 2 heterocycles. The van der Waals surface area contributed by atoms with Gasteiger partial charge in [-0.05, 0) is 85.5 Å². The van der Waals surface area contributed by atoms with Gasteiger partial charge >= 0.3 is 0 Å². The standard InChI is InChI=1S/C31H30N2O5/c1-20-6-4-7-23(18-20)29-27-19-26(38-21(2)30(34)32-24-10-13-25(36-3)14-11-24)12-9-22(27)15-16-33(29)31(35)28-8-5-17-37-28/h4-14,17-19,21,29H,15-16H2,1-3H3,(H,32,34)/t21-,29+/m1/s1. The lowest BCUT2D eigenvalue weighted by Gasteiger charge is -2.37. The lowest BCUT2D eigenvalue weighted by atomic mass is 9.87. The third-order valence-electron chi connectivity index (χ3n) is 6.74. The van der Waals surface area contributed by atoms with Crippen LogP contribution in [0, 0.1) is 6.92 Å². The summed E-state index contributed by atoms with van der Waals surface area (Å²) in [4.78, 5) is 28.1. The number of anilines is 1. The molecule has 0 unspecified atom stereocenters. The van der Waals surface area contributed by atoms with Gasteiger partial charge in [0, 0.05) is 12.2 Å². The lowest BCUT2D eigenvalue weighted by molar-refractivity contribution is -0.122. The van der Waals surface area contributed by atoms with E-state index < -0.39 is 6.10 Å². The molecule has 1 aliphatic heterocycles. The third-order valence-corrected chi connectivity index (χ3v) is 6.74. The fourth-order valence-corrected chi connectivity index (χ4v) is 4.80. The van der Waals surface area contributed by atoms with Crippen LogP contribution in [0.4, 0.5) is 5.69 Å². The first-order chi connectivity index (χ1) is 18.4. The summed E-state index contributed by atoms with van der Waals surface area (Å²) >= 11 is 0. The van der Waals surface area contributed by atoms with E-state index in [1.165, 1.54) is 6.26 Å². The van der Waals surface area contributed by atoms with Crippen molar-refractivity contribution in [3.63, 3.8) is 0 Å².